The highest BCUT2D eigenvalue weighted by atomic mass is 32.2. The van der Waals surface area contributed by atoms with Gasteiger partial charge in [0, 0.05) is 49.0 Å². The van der Waals surface area contributed by atoms with E-state index in [-0.39, 0.29) is 18.4 Å². The molecule has 0 radical (unpaired) electrons. The molecule has 1 saturated carbocycles. The van der Waals surface area contributed by atoms with Gasteiger partial charge in [-0.3, -0.25) is 9.79 Å². The summed E-state index contributed by atoms with van der Waals surface area (Å²) in [6.45, 7) is 2.12. The van der Waals surface area contributed by atoms with Crippen LogP contribution in [0.5, 0.6) is 11.8 Å². The second-order valence-electron chi connectivity index (χ2n) is 9.83. The van der Waals surface area contributed by atoms with Crippen LogP contribution in [-0.2, 0) is 17.6 Å². The number of ether oxygens (including phenoxy) is 2. The van der Waals surface area contributed by atoms with Crippen LogP contribution in [0.2, 0.25) is 0 Å². The average Bonchev–Trinajstić information content (AvgIpc) is 3.48. The quantitative estimate of drug-likeness (QED) is 0.176. The third kappa shape index (κ3) is 10.3. The van der Waals surface area contributed by atoms with Crippen molar-refractivity contribution < 1.29 is 14.3 Å². The summed E-state index contributed by atoms with van der Waals surface area (Å²) in [5.41, 5.74) is 1.63. The third-order valence-corrected chi connectivity index (χ3v) is 8.90. The number of amides is 1. The summed E-state index contributed by atoms with van der Waals surface area (Å²) in [4.78, 5) is 25.7. The molecular weight excluding hydrogens is 571 g/mol. The second-order valence-corrected chi connectivity index (χ2v) is 11.8. The summed E-state index contributed by atoms with van der Waals surface area (Å²) in [6.07, 6.45) is 13.4. The number of aliphatic imine (C=N–C) groups is 1. The maximum absolute atomic E-state index is 12.6. The number of hydrogen-bond donors (Lipinski definition) is 2. The van der Waals surface area contributed by atoms with Crippen molar-refractivity contribution >= 4 is 39.3 Å². The molecule has 3 heterocycles. The van der Waals surface area contributed by atoms with Crippen molar-refractivity contribution in [3.63, 3.8) is 0 Å². The molecule has 224 valence electrons. The number of hydrogen-bond acceptors (Lipinski definition) is 11. The molecule has 1 aliphatic rings. The Balaban J connectivity index is 0.00000237. The molecule has 1 fully saturated rings. The first-order chi connectivity index (χ1) is 20.4. The Labute approximate surface area is 256 Å². The number of pyridine rings is 2. The molecule has 42 heavy (non-hydrogen) atoms. The maximum Gasteiger partial charge on any atom is 0.231 e. The van der Waals surface area contributed by atoms with Crippen molar-refractivity contribution in [1.82, 2.24) is 25.5 Å². The summed E-state index contributed by atoms with van der Waals surface area (Å²) in [6, 6.07) is 11.4. The lowest BCUT2D eigenvalue weighted by Crippen LogP contribution is -2.31. The molecule has 4 rings (SSSR count). The lowest BCUT2D eigenvalue weighted by molar-refractivity contribution is -0.119. The summed E-state index contributed by atoms with van der Waals surface area (Å²) in [5.74, 6) is 2.80. The van der Waals surface area contributed by atoms with E-state index in [1.165, 1.54) is 0 Å². The van der Waals surface area contributed by atoms with Crippen LogP contribution < -0.4 is 20.1 Å². The number of thioether (sulfide) groups is 1. The van der Waals surface area contributed by atoms with E-state index < -0.39 is 0 Å². The van der Waals surface area contributed by atoms with Gasteiger partial charge in [0.05, 0.1) is 26.3 Å². The van der Waals surface area contributed by atoms with Gasteiger partial charge in [-0.1, -0.05) is 41.7 Å². The van der Waals surface area contributed by atoms with E-state index in [2.05, 4.69) is 55.6 Å². The Morgan fingerprint density at radius 1 is 1.10 bits per heavy atom. The van der Waals surface area contributed by atoms with E-state index in [0.717, 1.165) is 53.7 Å². The molecule has 0 bridgehead atoms. The second kappa shape index (κ2) is 17.3. The zero-order chi connectivity index (χ0) is 30.3. The molecule has 2 N–H and O–H groups in total. The van der Waals surface area contributed by atoms with Crippen LogP contribution in [0, 0.1) is 18.8 Å². The van der Waals surface area contributed by atoms with E-state index in [9.17, 15) is 4.79 Å². The van der Waals surface area contributed by atoms with Crippen molar-refractivity contribution in [2.24, 2.45) is 10.9 Å². The molecule has 3 aromatic rings. The van der Waals surface area contributed by atoms with E-state index in [4.69, 9.17) is 9.47 Å². The van der Waals surface area contributed by atoms with Gasteiger partial charge in [-0.15, -0.1) is 23.0 Å². The molecular formula is C30H39N7O3S2. The van der Waals surface area contributed by atoms with Crippen LogP contribution in [0.4, 0.5) is 5.13 Å². The molecule has 0 spiro atoms. The molecule has 2 unspecified atom stereocenters. The Morgan fingerprint density at radius 3 is 2.48 bits per heavy atom. The van der Waals surface area contributed by atoms with Crippen molar-refractivity contribution in [3.05, 3.63) is 52.8 Å². The highest BCUT2D eigenvalue weighted by molar-refractivity contribution is 8.13. The molecule has 0 saturated heterocycles. The number of nitrogens with zero attached hydrogens (tertiary/aromatic N) is 5. The van der Waals surface area contributed by atoms with Gasteiger partial charge in [-0.05, 0) is 44.2 Å². The van der Waals surface area contributed by atoms with E-state index in [1.54, 1.807) is 50.4 Å². The maximum atomic E-state index is 12.6. The molecule has 3 atom stereocenters. The topological polar surface area (TPSA) is 124 Å². The first-order valence-electron chi connectivity index (χ1n) is 13.8. The minimum Gasteiger partial charge on any atom is -0.481 e. The number of rotatable bonds is 11. The van der Waals surface area contributed by atoms with E-state index in [0.29, 0.717) is 34.5 Å². The molecule has 0 aromatic carbocycles. The SMILES string of the molecule is C#C.CN=C(NC(=O)Cc1cccc(OC)n1)SC[C@@H]1CCCC(c2nnc(NC(C)Cc3cccc(OC)n3)s2)C1. The molecule has 3 aromatic heterocycles. The standard InChI is InChI=1S/C28H37N7O3S2.C2H2/c1-18(14-21-10-6-12-24(31-21)37-3)30-28-35-34-26(40-28)20-9-5-8-19(15-20)17-39-27(29-2)33-23(36)16-22-11-7-13-25(32-22)38-4;1-2/h6-7,10-13,18-20H,5,8-9,14-17H2,1-4H3,(H,30,35)(H,29,33,36);1-2H/t18?,19-,20?;/m1./s1. The van der Waals surface area contributed by atoms with Crippen LogP contribution in [0.25, 0.3) is 0 Å². The summed E-state index contributed by atoms with van der Waals surface area (Å²) in [7, 11) is 4.89. The van der Waals surface area contributed by atoms with Gasteiger partial charge < -0.3 is 20.1 Å². The molecule has 1 aliphatic carbocycles. The number of anilines is 1. The van der Waals surface area contributed by atoms with Crippen LogP contribution >= 0.6 is 23.1 Å². The van der Waals surface area contributed by atoms with Gasteiger partial charge in [0.25, 0.3) is 0 Å². The van der Waals surface area contributed by atoms with Crippen molar-refractivity contribution in [2.75, 3.05) is 32.3 Å². The van der Waals surface area contributed by atoms with E-state index in [1.807, 2.05) is 30.3 Å². The van der Waals surface area contributed by atoms with Crippen molar-refractivity contribution in [3.8, 4) is 24.6 Å². The Kier molecular flexibility index (Phi) is 13.5. The normalized spacial score (nSPS) is 17.3. The highest BCUT2D eigenvalue weighted by Gasteiger charge is 2.27. The molecule has 1 amide bonds. The number of nitrogens with one attached hydrogen (secondary N) is 2. The monoisotopic (exact) mass is 609 g/mol. The fraction of sp³-hybridized carbons (Fsp3) is 0.467. The zero-order valence-corrected chi connectivity index (χ0v) is 26.2. The smallest absolute Gasteiger partial charge is 0.231 e. The predicted octanol–water partition coefficient (Wildman–Crippen LogP) is 4.99. The highest BCUT2D eigenvalue weighted by Crippen LogP contribution is 2.39. The minimum atomic E-state index is -0.138. The van der Waals surface area contributed by atoms with Crippen LogP contribution in [0.3, 0.4) is 0 Å². The van der Waals surface area contributed by atoms with Gasteiger partial charge in [0.2, 0.25) is 22.8 Å². The molecule has 12 heteroatoms. The number of terminal acetylenes is 1. The van der Waals surface area contributed by atoms with Crippen LogP contribution in [0.15, 0.2) is 41.4 Å². The number of carbonyl (C=O) groups is 1. The Morgan fingerprint density at radius 2 is 1.79 bits per heavy atom. The van der Waals surface area contributed by atoms with E-state index >= 15 is 0 Å². The fourth-order valence-electron chi connectivity index (χ4n) is 4.74. The van der Waals surface area contributed by atoms with Gasteiger partial charge in [-0.25, -0.2) is 9.97 Å². The van der Waals surface area contributed by atoms with Gasteiger partial charge >= 0.3 is 0 Å². The van der Waals surface area contributed by atoms with Gasteiger partial charge in [0.15, 0.2) is 5.17 Å². The van der Waals surface area contributed by atoms with Crippen molar-refractivity contribution in [1.29, 1.82) is 0 Å². The van der Waals surface area contributed by atoms with Gasteiger partial charge in [-0.2, -0.15) is 0 Å². The molecule has 0 aliphatic heterocycles. The number of aromatic nitrogens is 4. The minimum absolute atomic E-state index is 0.138. The first-order valence-corrected chi connectivity index (χ1v) is 15.6. The fourth-order valence-corrected chi connectivity index (χ4v) is 6.75. The number of methoxy groups -OCH3 is 2. The summed E-state index contributed by atoms with van der Waals surface area (Å²) >= 11 is 3.25. The van der Waals surface area contributed by atoms with Gasteiger partial charge in [0.1, 0.15) is 5.01 Å². The third-order valence-electron chi connectivity index (χ3n) is 6.69. The number of carbonyl (C=O) groups excluding carboxylic acids is 1. The van der Waals surface area contributed by atoms with Crippen LogP contribution in [-0.4, -0.2) is 64.3 Å². The Bertz CT molecular complexity index is 1330. The lowest BCUT2D eigenvalue weighted by Gasteiger charge is -2.27. The lowest BCUT2D eigenvalue weighted by atomic mass is 9.83. The first kappa shape index (κ1) is 32.8. The number of amidine groups is 1. The van der Waals surface area contributed by atoms with Crippen molar-refractivity contribution in [2.45, 2.75) is 57.4 Å². The summed E-state index contributed by atoms with van der Waals surface area (Å²) in [5, 5.41) is 17.9. The predicted molar refractivity (Wildman–Crippen MR) is 171 cm³/mol. The largest absolute Gasteiger partial charge is 0.481 e. The summed E-state index contributed by atoms with van der Waals surface area (Å²) < 4.78 is 10.4. The Hall–Kier alpha value is -3.69. The molecule has 10 nitrogen and oxygen atoms in total. The average molecular weight is 610 g/mol. The zero-order valence-electron chi connectivity index (χ0n) is 24.6. The van der Waals surface area contributed by atoms with Crippen LogP contribution in [0.1, 0.15) is 54.9 Å².